The van der Waals surface area contributed by atoms with E-state index in [9.17, 15) is 9.59 Å². The summed E-state index contributed by atoms with van der Waals surface area (Å²) >= 11 is 3.38. The second-order valence-corrected chi connectivity index (χ2v) is 8.72. The first kappa shape index (κ1) is 22.3. The largest absolute Gasteiger partial charge is 0.371 e. The Hall–Kier alpha value is -2.38. The number of benzene rings is 2. The molecule has 1 heterocycles. The van der Waals surface area contributed by atoms with Gasteiger partial charge in [-0.15, -0.1) is 0 Å². The van der Waals surface area contributed by atoms with Crippen LogP contribution in [-0.4, -0.2) is 57.0 Å². The average molecular weight is 473 g/mol. The third-order valence-electron chi connectivity index (χ3n) is 5.12. The number of carbonyl (C=O) groups is 2. The minimum absolute atomic E-state index is 0.101. The quantitative estimate of drug-likeness (QED) is 0.570. The van der Waals surface area contributed by atoms with Crippen LogP contribution in [0.1, 0.15) is 40.0 Å². The first-order valence-electron chi connectivity index (χ1n) is 10.3. The Morgan fingerprint density at radius 3 is 2.40 bits per heavy atom. The molecule has 6 nitrogen and oxygen atoms in total. The molecule has 0 saturated carbocycles. The number of halogens is 1. The zero-order valence-electron chi connectivity index (χ0n) is 17.6. The number of amides is 2. The van der Waals surface area contributed by atoms with E-state index in [4.69, 9.17) is 0 Å². The summed E-state index contributed by atoms with van der Waals surface area (Å²) in [6.07, 6.45) is 3.15. The van der Waals surface area contributed by atoms with Crippen molar-refractivity contribution in [1.29, 1.82) is 0 Å². The van der Waals surface area contributed by atoms with Gasteiger partial charge in [-0.05, 0) is 82.4 Å². The van der Waals surface area contributed by atoms with Crippen LogP contribution in [0.2, 0.25) is 0 Å². The highest BCUT2D eigenvalue weighted by Crippen LogP contribution is 2.28. The van der Waals surface area contributed by atoms with E-state index in [1.165, 1.54) is 0 Å². The molecule has 160 valence electrons. The van der Waals surface area contributed by atoms with Crippen LogP contribution in [0.15, 0.2) is 46.9 Å². The molecule has 2 aromatic carbocycles. The van der Waals surface area contributed by atoms with E-state index in [1.807, 2.05) is 38.4 Å². The molecule has 1 fully saturated rings. The predicted molar refractivity (Wildman–Crippen MR) is 125 cm³/mol. The van der Waals surface area contributed by atoms with Crippen molar-refractivity contribution in [2.45, 2.75) is 19.3 Å². The Morgan fingerprint density at radius 2 is 1.73 bits per heavy atom. The molecule has 1 aliphatic rings. The topological polar surface area (TPSA) is 64.7 Å². The molecule has 0 bridgehead atoms. The molecule has 0 atom stereocenters. The van der Waals surface area contributed by atoms with E-state index < -0.39 is 0 Å². The number of rotatable bonds is 8. The Labute approximate surface area is 186 Å². The lowest BCUT2D eigenvalue weighted by atomic mass is 10.1. The molecule has 2 aromatic rings. The Kier molecular flexibility index (Phi) is 7.87. The van der Waals surface area contributed by atoms with Gasteiger partial charge in [-0.3, -0.25) is 9.59 Å². The van der Waals surface area contributed by atoms with Crippen LogP contribution in [-0.2, 0) is 0 Å². The van der Waals surface area contributed by atoms with E-state index in [1.54, 1.807) is 18.2 Å². The van der Waals surface area contributed by atoms with Crippen LogP contribution in [0.5, 0.6) is 0 Å². The van der Waals surface area contributed by atoms with Crippen molar-refractivity contribution in [1.82, 2.24) is 10.2 Å². The minimum atomic E-state index is -0.200. The lowest BCUT2D eigenvalue weighted by Gasteiger charge is -2.22. The summed E-state index contributed by atoms with van der Waals surface area (Å²) in [7, 11) is 4.04. The van der Waals surface area contributed by atoms with E-state index in [-0.39, 0.29) is 11.8 Å². The number of carbonyl (C=O) groups excluding carboxylic acids is 2. The fourth-order valence-electron chi connectivity index (χ4n) is 3.53. The summed E-state index contributed by atoms with van der Waals surface area (Å²) in [5, 5.41) is 5.94. The third kappa shape index (κ3) is 6.06. The first-order chi connectivity index (χ1) is 14.4. The van der Waals surface area contributed by atoms with Gasteiger partial charge in [-0.25, -0.2) is 0 Å². The summed E-state index contributed by atoms with van der Waals surface area (Å²) in [6, 6.07) is 12.8. The standard InChI is InChI=1S/C23H29BrN4O2/c1-27(2)13-5-12-25-23(30)20-16-19(10-11-21(20)28-14-3-4-15-28)26-22(29)17-6-8-18(24)9-7-17/h6-11,16H,3-5,12-15H2,1-2H3,(H,25,30)(H,26,29). The van der Waals surface area contributed by atoms with Gasteiger partial charge in [0.15, 0.2) is 0 Å². The zero-order chi connectivity index (χ0) is 21.5. The van der Waals surface area contributed by atoms with E-state index in [0.717, 1.165) is 49.1 Å². The SMILES string of the molecule is CN(C)CCCNC(=O)c1cc(NC(=O)c2ccc(Br)cc2)ccc1N1CCCC1. The van der Waals surface area contributed by atoms with Gasteiger partial charge in [0.2, 0.25) is 0 Å². The summed E-state index contributed by atoms with van der Waals surface area (Å²) in [4.78, 5) is 29.9. The maximum Gasteiger partial charge on any atom is 0.255 e. The van der Waals surface area contributed by atoms with E-state index in [0.29, 0.717) is 23.4 Å². The molecular formula is C23H29BrN4O2. The molecule has 0 spiro atoms. The normalized spacial score (nSPS) is 13.5. The van der Waals surface area contributed by atoms with Gasteiger partial charge in [0, 0.05) is 41.0 Å². The van der Waals surface area contributed by atoms with E-state index >= 15 is 0 Å². The van der Waals surface area contributed by atoms with Crippen LogP contribution in [0.3, 0.4) is 0 Å². The maximum absolute atomic E-state index is 12.9. The number of hydrogen-bond donors (Lipinski definition) is 2. The van der Waals surface area contributed by atoms with Crippen molar-refractivity contribution in [3.8, 4) is 0 Å². The van der Waals surface area contributed by atoms with Crippen molar-refractivity contribution in [2.75, 3.05) is 50.5 Å². The second kappa shape index (κ2) is 10.6. The van der Waals surface area contributed by atoms with Crippen LogP contribution in [0, 0.1) is 0 Å². The Bertz CT molecular complexity index is 877. The predicted octanol–water partition coefficient (Wildman–Crippen LogP) is 3.98. The van der Waals surface area contributed by atoms with Gasteiger partial charge in [-0.2, -0.15) is 0 Å². The molecule has 0 unspecified atom stereocenters. The van der Waals surface area contributed by atoms with Gasteiger partial charge >= 0.3 is 0 Å². The molecule has 2 amide bonds. The van der Waals surface area contributed by atoms with Crippen molar-refractivity contribution >= 4 is 39.1 Å². The highest BCUT2D eigenvalue weighted by atomic mass is 79.9. The van der Waals surface area contributed by atoms with Crippen LogP contribution in [0.25, 0.3) is 0 Å². The molecule has 30 heavy (non-hydrogen) atoms. The highest BCUT2D eigenvalue weighted by Gasteiger charge is 2.20. The molecule has 2 N–H and O–H groups in total. The lowest BCUT2D eigenvalue weighted by Crippen LogP contribution is -2.29. The molecule has 0 aromatic heterocycles. The van der Waals surface area contributed by atoms with Gasteiger partial charge in [-0.1, -0.05) is 15.9 Å². The second-order valence-electron chi connectivity index (χ2n) is 7.80. The number of anilines is 2. The molecule has 1 aliphatic heterocycles. The fraction of sp³-hybridized carbons (Fsp3) is 0.391. The Balaban J connectivity index is 1.76. The van der Waals surface area contributed by atoms with Crippen LogP contribution in [0.4, 0.5) is 11.4 Å². The molecule has 7 heteroatoms. The third-order valence-corrected chi connectivity index (χ3v) is 5.65. The zero-order valence-corrected chi connectivity index (χ0v) is 19.2. The van der Waals surface area contributed by atoms with Crippen LogP contribution >= 0.6 is 15.9 Å². The van der Waals surface area contributed by atoms with Gasteiger partial charge in [0.1, 0.15) is 0 Å². The summed E-state index contributed by atoms with van der Waals surface area (Å²) in [5.74, 6) is -0.302. The fourth-order valence-corrected chi connectivity index (χ4v) is 3.79. The number of nitrogens with one attached hydrogen (secondary N) is 2. The number of nitrogens with zero attached hydrogens (tertiary/aromatic N) is 2. The molecular weight excluding hydrogens is 444 g/mol. The summed E-state index contributed by atoms with van der Waals surface area (Å²) in [6.45, 7) is 3.44. The minimum Gasteiger partial charge on any atom is -0.371 e. The molecule has 1 saturated heterocycles. The van der Waals surface area contributed by atoms with Crippen molar-refractivity contribution in [3.05, 3.63) is 58.1 Å². The summed E-state index contributed by atoms with van der Waals surface area (Å²) in [5.41, 5.74) is 2.72. The first-order valence-corrected chi connectivity index (χ1v) is 11.1. The highest BCUT2D eigenvalue weighted by molar-refractivity contribution is 9.10. The molecule has 3 rings (SSSR count). The monoisotopic (exact) mass is 472 g/mol. The van der Waals surface area contributed by atoms with Gasteiger partial charge in [0.25, 0.3) is 11.8 Å². The lowest BCUT2D eigenvalue weighted by molar-refractivity contribution is 0.0951. The maximum atomic E-state index is 12.9. The van der Waals surface area contributed by atoms with Crippen molar-refractivity contribution in [2.24, 2.45) is 0 Å². The average Bonchev–Trinajstić information content (AvgIpc) is 3.26. The van der Waals surface area contributed by atoms with E-state index in [2.05, 4.69) is 36.4 Å². The van der Waals surface area contributed by atoms with Gasteiger partial charge in [0.05, 0.1) is 5.56 Å². The molecule has 0 aliphatic carbocycles. The molecule has 0 radical (unpaired) electrons. The van der Waals surface area contributed by atoms with Crippen molar-refractivity contribution in [3.63, 3.8) is 0 Å². The summed E-state index contributed by atoms with van der Waals surface area (Å²) < 4.78 is 0.919. The van der Waals surface area contributed by atoms with Gasteiger partial charge < -0.3 is 20.4 Å². The Morgan fingerprint density at radius 1 is 1.03 bits per heavy atom. The smallest absolute Gasteiger partial charge is 0.255 e. The van der Waals surface area contributed by atoms with Crippen LogP contribution < -0.4 is 15.5 Å². The van der Waals surface area contributed by atoms with Crippen molar-refractivity contribution < 1.29 is 9.59 Å². The number of hydrogen-bond acceptors (Lipinski definition) is 4.